The first-order chi connectivity index (χ1) is 14.5. The van der Waals surface area contributed by atoms with E-state index in [0.29, 0.717) is 45.3 Å². The molecule has 0 aromatic heterocycles. The molecule has 0 bridgehead atoms. The van der Waals surface area contributed by atoms with Crippen molar-refractivity contribution in [3.05, 3.63) is 24.3 Å². The first-order valence-corrected chi connectivity index (χ1v) is 10.9. The standard InChI is InChI=1S/C23H33N3O5/c1-16-19(27)26(18-9-6-5-8-17(18)24-16)13-7-10-23(20(28)29)11-14-25(15-12-23)21(30)31-22(2,3)4/h5-6,8-9,16,24H,7,10-15H2,1-4H3,(H,28,29). The summed E-state index contributed by atoms with van der Waals surface area (Å²) in [6.07, 6.45) is 1.39. The van der Waals surface area contributed by atoms with Crippen molar-refractivity contribution in [1.29, 1.82) is 0 Å². The summed E-state index contributed by atoms with van der Waals surface area (Å²) in [4.78, 5) is 40.5. The van der Waals surface area contributed by atoms with E-state index in [1.165, 1.54) is 0 Å². The zero-order valence-electron chi connectivity index (χ0n) is 18.8. The van der Waals surface area contributed by atoms with Crippen LogP contribution < -0.4 is 10.2 Å². The fourth-order valence-electron chi connectivity index (χ4n) is 4.30. The Morgan fingerprint density at radius 2 is 1.87 bits per heavy atom. The van der Waals surface area contributed by atoms with E-state index >= 15 is 0 Å². The van der Waals surface area contributed by atoms with Crippen LogP contribution in [0.2, 0.25) is 0 Å². The third kappa shape index (κ3) is 5.11. The molecule has 0 radical (unpaired) electrons. The Kier molecular flexibility index (Phi) is 6.48. The smallest absolute Gasteiger partial charge is 0.410 e. The van der Waals surface area contributed by atoms with Gasteiger partial charge in [-0.1, -0.05) is 12.1 Å². The predicted molar refractivity (Wildman–Crippen MR) is 118 cm³/mol. The molecule has 170 valence electrons. The van der Waals surface area contributed by atoms with Crippen LogP contribution in [0.3, 0.4) is 0 Å². The Morgan fingerprint density at radius 1 is 1.23 bits per heavy atom. The van der Waals surface area contributed by atoms with Gasteiger partial charge in [-0.2, -0.15) is 0 Å². The lowest BCUT2D eigenvalue weighted by atomic mass is 9.75. The van der Waals surface area contributed by atoms with E-state index in [2.05, 4.69) is 5.32 Å². The number of aliphatic carboxylic acids is 1. The van der Waals surface area contributed by atoms with Crippen molar-refractivity contribution in [2.45, 2.75) is 65.0 Å². The number of para-hydroxylation sites is 2. The highest BCUT2D eigenvalue weighted by Gasteiger charge is 2.43. The highest BCUT2D eigenvalue weighted by molar-refractivity contribution is 6.04. The van der Waals surface area contributed by atoms with Crippen LogP contribution in [0.5, 0.6) is 0 Å². The number of carboxylic acid groups (broad SMARTS) is 1. The van der Waals surface area contributed by atoms with Gasteiger partial charge in [0.1, 0.15) is 11.6 Å². The fraction of sp³-hybridized carbons (Fsp3) is 0.609. The van der Waals surface area contributed by atoms with Gasteiger partial charge in [0, 0.05) is 19.6 Å². The SMILES string of the molecule is CC1Nc2ccccc2N(CCCC2(C(=O)O)CCN(C(=O)OC(C)(C)C)CC2)C1=O. The average Bonchev–Trinajstić information content (AvgIpc) is 2.70. The van der Waals surface area contributed by atoms with Gasteiger partial charge in [-0.3, -0.25) is 9.59 Å². The number of carboxylic acids is 1. The van der Waals surface area contributed by atoms with Gasteiger partial charge < -0.3 is 25.0 Å². The van der Waals surface area contributed by atoms with E-state index in [-0.39, 0.29) is 11.9 Å². The quantitative estimate of drug-likeness (QED) is 0.737. The maximum absolute atomic E-state index is 12.7. The minimum absolute atomic E-state index is 0.0113. The van der Waals surface area contributed by atoms with Crippen LogP contribution in [0.25, 0.3) is 0 Å². The number of ether oxygens (including phenoxy) is 1. The van der Waals surface area contributed by atoms with Crippen molar-refractivity contribution in [2.75, 3.05) is 29.9 Å². The van der Waals surface area contributed by atoms with Crippen LogP contribution in [0.4, 0.5) is 16.2 Å². The molecule has 8 heteroatoms. The number of benzene rings is 1. The Labute approximate surface area is 183 Å². The molecular weight excluding hydrogens is 398 g/mol. The highest BCUT2D eigenvalue weighted by atomic mass is 16.6. The number of hydrogen-bond acceptors (Lipinski definition) is 5. The number of amides is 2. The van der Waals surface area contributed by atoms with E-state index in [1.807, 2.05) is 52.0 Å². The second-order valence-corrected chi connectivity index (χ2v) is 9.53. The maximum Gasteiger partial charge on any atom is 0.410 e. The summed E-state index contributed by atoms with van der Waals surface area (Å²) in [7, 11) is 0. The lowest BCUT2D eigenvalue weighted by Crippen LogP contribution is -2.49. The van der Waals surface area contributed by atoms with Crippen LogP contribution in [0.15, 0.2) is 24.3 Å². The van der Waals surface area contributed by atoms with Crippen LogP contribution in [-0.2, 0) is 14.3 Å². The highest BCUT2D eigenvalue weighted by Crippen LogP contribution is 2.38. The Balaban J connectivity index is 1.62. The van der Waals surface area contributed by atoms with Crippen molar-refractivity contribution in [1.82, 2.24) is 4.90 Å². The number of carbonyl (C=O) groups excluding carboxylic acids is 2. The molecule has 1 atom stereocenters. The van der Waals surface area contributed by atoms with E-state index in [0.717, 1.165) is 11.4 Å². The van der Waals surface area contributed by atoms with Crippen molar-refractivity contribution >= 4 is 29.3 Å². The molecule has 3 rings (SSSR count). The van der Waals surface area contributed by atoms with Gasteiger partial charge in [-0.25, -0.2) is 4.79 Å². The van der Waals surface area contributed by atoms with Crippen LogP contribution >= 0.6 is 0 Å². The van der Waals surface area contributed by atoms with E-state index in [9.17, 15) is 19.5 Å². The first-order valence-electron chi connectivity index (χ1n) is 10.9. The predicted octanol–water partition coefficient (Wildman–Crippen LogP) is 3.72. The number of rotatable bonds is 5. The molecular formula is C23H33N3O5. The number of likely N-dealkylation sites (tertiary alicyclic amines) is 1. The van der Waals surface area contributed by atoms with Gasteiger partial charge in [-0.15, -0.1) is 0 Å². The summed E-state index contributed by atoms with van der Waals surface area (Å²) >= 11 is 0. The number of fused-ring (bicyclic) bond motifs is 1. The van der Waals surface area contributed by atoms with Gasteiger partial charge >= 0.3 is 12.1 Å². The largest absolute Gasteiger partial charge is 0.481 e. The number of nitrogens with one attached hydrogen (secondary N) is 1. The molecule has 2 heterocycles. The average molecular weight is 432 g/mol. The van der Waals surface area contributed by atoms with Crippen molar-refractivity contribution in [3.63, 3.8) is 0 Å². The zero-order valence-corrected chi connectivity index (χ0v) is 18.8. The van der Waals surface area contributed by atoms with Gasteiger partial charge in [0.2, 0.25) is 5.91 Å². The summed E-state index contributed by atoms with van der Waals surface area (Å²) in [6, 6.07) is 7.33. The molecule has 1 fully saturated rings. The van der Waals surface area contributed by atoms with E-state index < -0.39 is 23.1 Å². The molecule has 1 aromatic carbocycles. The molecule has 2 aliphatic rings. The Bertz CT molecular complexity index is 840. The van der Waals surface area contributed by atoms with Gasteiger partial charge in [-0.05, 0) is 65.5 Å². The lowest BCUT2D eigenvalue weighted by molar-refractivity contribution is -0.152. The molecule has 0 spiro atoms. The zero-order chi connectivity index (χ0) is 22.8. The van der Waals surface area contributed by atoms with Crippen molar-refractivity contribution in [3.8, 4) is 0 Å². The third-order valence-electron chi connectivity index (χ3n) is 6.07. The number of hydrogen-bond donors (Lipinski definition) is 2. The number of carbonyl (C=O) groups is 3. The monoisotopic (exact) mass is 431 g/mol. The maximum atomic E-state index is 12.7. The topological polar surface area (TPSA) is 99.2 Å². The summed E-state index contributed by atoms with van der Waals surface area (Å²) in [6.45, 7) is 8.44. The van der Waals surface area contributed by atoms with Gasteiger partial charge in [0.05, 0.1) is 16.8 Å². The summed E-state index contributed by atoms with van der Waals surface area (Å²) in [5.74, 6) is -0.848. The minimum Gasteiger partial charge on any atom is -0.481 e. The van der Waals surface area contributed by atoms with Crippen molar-refractivity contribution < 1.29 is 24.2 Å². The van der Waals surface area contributed by atoms with Gasteiger partial charge in [0.15, 0.2) is 0 Å². The summed E-state index contributed by atoms with van der Waals surface area (Å²) in [5, 5.41) is 13.2. The van der Waals surface area contributed by atoms with E-state index in [4.69, 9.17) is 4.74 Å². The molecule has 1 unspecified atom stereocenters. The Hall–Kier alpha value is -2.77. The molecule has 0 saturated carbocycles. The number of piperidine rings is 1. The normalized spacial score (nSPS) is 20.6. The van der Waals surface area contributed by atoms with Gasteiger partial charge in [0.25, 0.3) is 0 Å². The second-order valence-electron chi connectivity index (χ2n) is 9.53. The number of anilines is 2. The third-order valence-corrected chi connectivity index (χ3v) is 6.07. The molecule has 0 aliphatic carbocycles. The summed E-state index contributed by atoms with van der Waals surface area (Å²) in [5.41, 5.74) is 0.269. The molecule has 2 aliphatic heterocycles. The minimum atomic E-state index is -0.888. The molecule has 31 heavy (non-hydrogen) atoms. The Morgan fingerprint density at radius 3 is 2.48 bits per heavy atom. The first kappa shape index (κ1) is 22.9. The second kappa shape index (κ2) is 8.77. The number of nitrogens with zero attached hydrogens (tertiary/aromatic N) is 2. The molecule has 2 amide bonds. The van der Waals surface area contributed by atoms with Crippen LogP contribution in [0.1, 0.15) is 53.4 Å². The molecule has 1 aromatic rings. The molecule has 8 nitrogen and oxygen atoms in total. The van der Waals surface area contributed by atoms with Crippen LogP contribution in [0, 0.1) is 5.41 Å². The summed E-state index contributed by atoms with van der Waals surface area (Å²) < 4.78 is 5.41. The van der Waals surface area contributed by atoms with E-state index in [1.54, 1.807) is 9.80 Å². The fourth-order valence-corrected chi connectivity index (χ4v) is 4.30. The lowest BCUT2D eigenvalue weighted by Gasteiger charge is -2.40. The van der Waals surface area contributed by atoms with Crippen LogP contribution in [-0.4, -0.2) is 59.3 Å². The molecule has 2 N–H and O–H groups in total. The van der Waals surface area contributed by atoms with Crippen molar-refractivity contribution in [2.24, 2.45) is 5.41 Å². The molecule has 1 saturated heterocycles.